The molecule has 0 saturated carbocycles. The molecular formula is C13H6LrNS2-. The molecule has 1 radical (unpaired) electrons. The molecule has 0 unspecified atom stereocenters. The molecule has 0 saturated heterocycles. The van der Waals surface area contributed by atoms with Gasteiger partial charge >= 0.3 is 0 Å². The van der Waals surface area contributed by atoms with Gasteiger partial charge in [-0.05, 0) is 10.9 Å². The van der Waals surface area contributed by atoms with Crippen LogP contribution < -0.4 is 0 Å². The summed E-state index contributed by atoms with van der Waals surface area (Å²) in [6.45, 7) is 0. The minimum absolute atomic E-state index is 0. The number of thiophene rings is 1. The van der Waals surface area contributed by atoms with Crippen LogP contribution in [0.5, 0.6) is 0 Å². The molecule has 0 aliphatic heterocycles. The summed E-state index contributed by atoms with van der Waals surface area (Å²) in [6, 6.07) is 11.8. The Kier molecular flexibility index (Phi) is 1.88. The van der Waals surface area contributed by atoms with Gasteiger partial charge in [-0.25, -0.2) is 11.3 Å². The third-order valence-corrected chi connectivity index (χ3v) is 4.58. The summed E-state index contributed by atoms with van der Waals surface area (Å²) >= 11 is 3.45. The van der Waals surface area contributed by atoms with Crippen LogP contribution in [0.3, 0.4) is 0 Å². The average molecular weight is 502 g/mol. The third kappa shape index (κ3) is 1.10. The Morgan fingerprint density at radius 3 is 2.59 bits per heavy atom. The van der Waals surface area contributed by atoms with Gasteiger partial charge in [-0.1, -0.05) is 39.7 Å². The molecule has 4 aromatic rings. The zero-order valence-corrected chi connectivity index (χ0v) is 12.3. The number of rotatable bonds is 0. The van der Waals surface area contributed by atoms with Crippen molar-refractivity contribution in [3.8, 4) is 0 Å². The van der Waals surface area contributed by atoms with E-state index in [9.17, 15) is 0 Å². The minimum atomic E-state index is 0. The van der Waals surface area contributed by atoms with E-state index < -0.39 is 0 Å². The van der Waals surface area contributed by atoms with Crippen molar-refractivity contribution in [3.05, 3.63) is 41.2 Å². The predicted molar refractivity (Wildman–Crippen MR) is 71.3 cm³/mol. The normalized spacial score (nSPS) is 11.1. The number of hydrogen-bond acceptors (Lipinski definition) is 3. The molecule has 4 heteroatoms. The summed E-state index contributed by atoms with van der Waals surface area (Å²) in [5.41, 5.74) is 3.02. The van der Waals surface area contributed by atoms with E-state index in [4.69, 9.17) is 0 Å². The Bertz CT molecular complexity index is 747. The van der Waals surface area contributed by atoms with Crippen LogP contribution >= 0.6 is 22.7 Å². The predicted octanol–water partition coefficient (Wildman–Crippen LogP) is 4.46. The van der Waals surface area contributed by atoms with Crippen molar-refractivity contribution in [2.45, 2.75) is 0 Å². The molecule has 1 nitrogen and oxygen atoms in total. The van der Waals surface area contributed by atoms with Crippen molar-refractivity contribution in [2.75, 3.05) is 0 Å². The average Bonchev–Trinajstić information content (AvgIpc) is 2.98. The van der Waals surface area contributed by atoms with Gasteiger partial charge in [0.15, 0.2) is 0 Å². The summed E-state index contributed by atoms with van der Waals surface area (Å²) in [6.07, 6.45) is 0. The molecule has 0 aliphatic carbocycles. The van der Waals surface area contributed by atoms with Gasteiger partial charge in [-0.3, -0.25) is 0 Å². The number of fused-ring (bicyclic) bond motifs is 6. The number of nitrogens with zero attached hydrogens (tertiary/aromatic N) is 1. The number of benzene rings is 2. The fraction of sp³-hybridized carbons (Fsp3) is 0. The van der Waals surface area contributed by atoms with Crippen LogP contribution in [0.15, 0.2) is 35.2 Å². The molecule has 0 N–H and O–H groups in total. The van der Waals surface area contributed by atoms with Crippen molar-refractivity contribution in [1.29, 1.82) is 0 Å². The summed E-state index contributed by atoms with van der Waals surface area (Å²) in [5, 5.41) is 5.82. The minimum Gasteiger partial charge on any atom is -0.309 e. The molecule has 4 rings (SSSR count). The second-order valence-corrected chi connectivity index (χ2v) is 5.39. The largest absolute Gasteiger partial charge is 0.309 e. The standard InChI is InChI=1S/C13H6NS2.Lr/c1-2-4-9-8(3-1)12-10(5-6-15-12)11-13(9)16-7-14-11;/h1-4,6-7H;/q-1;. The Morgan fingerprint density at radius 1 is 1.00 bits per heavy atom. The Morgan fingerprint density at radius 2 is 1.76 bits per heavy atom. The molecule has 0 amide bonds. The van der Waals surface area contributed by atoms with E-state index in [1.54, 1.807) is 22.7 Å². The van der Waals surface area contributed by atoms with E-state index >= 15 is 0 Å². The molecule has 0 fully saturated rings. The van der Waals surface area contributed by atoms with Gasteiger partial charge in [0.1, 0.15) is 0 Å². The van der Waals surface area contributed by atoms with Crippen LogP contribution in [0.25, 0.3) is 31.1 Å². The SMILES string of the molecule is [Lr].[c-]1csc2c1c1ncsc1c1ccccc12. The molecule has 0 bridgehead atoms. The third-order valence-electron chi connectivity index (χ3n) is 2.83. The molecule has 2 aromatic heterocycles. The van der Waals surface area contributed by atoms with Crippen LogP contribution in [0.4, 0.5) is 0 Å². The zero-order chi connectivity index (χ0) is 10.5. The summed E-state index contributed by atoms with van der Waals surface area (Å²) < 4.78 is 2.58. The molecule has 17 heavy (non-hydrogen) atoms. The van der Waals surface area contributed by atoms with Gasteiger partial charge in [-0.15, -0.1) is 16.7 Å². The van der Waals surface area contributed by atoms with E-state index in [1.807, 2.05) is 10.9 Å². The van der Waals surface area contributed by atoms with Crippen molar-refractivity contribution >= 4 is 53.7 Å². The first-order chi connectivity index (χ1) is 7.95. The van der Waals surface area contributed by atoms with E-state index in [2.05, 4.69) is 35.3 Å². The van der Waals surface area contributed by atoms with Crippen LogP contribution in [-0.4, -0.2) is 4.98 Å². The Balaban J connectivity index is 0.000000902. The second-order valence-electron chi connectivity index (χ2n) is 3.66. The zero-order valence-electron chi connectivity index (χ0n) is 8.49. The molecule has 0 aliphatic rings. The van der Waals surface area contributed by atoms with Gasteiger partial charge in [0, 0.05) is 4.70 Å². The molecule has 91 valence electrons. The molecular weight excluding hydrogens is 496 g/mol. The topological polar surface area (TPSA) is 12.9 Å². The monoisotopic (exact) mass is 502 g/mol. The van der Waals surface area contributed by atoms with Gasteiger partial charge in [0.2, 0.25) is 0 Å². The fourth-order valence-corrected chi connectivity index (χ4v) is 3.85. The summed E-state index contributed by atoms with van der Waals surface area (Å²) in [7, 11) is 0. The first kappa shape index (κ1) is 9.75. The van der Waals surface area contributed by atoms with Crippen molar-refractivity contribution in [3.63, 3.8) is 0 Å². The van der Waals surface area contributed by atoms with Crippen molar-refractivity contribution in [1.82, 2.24) is 4.98 Å². The molecule has 2 aromatic carbocycles. The van der Waals surface area contributed by atoms with Crippen LogP contribution in [-0.2, 0) is 0 Å². The van der Waals surface area contributed by atoms with Crippen molar-refractivity contribution < 1.29 is 0 Å². The number of hydrogen-bond donors (Lipinski definition) is 0. The molecule has 2 heterocycles. The maximum absolute atomic E-state index is 4.46. The first-order valence-corrected chi connectivity index (χ1v) is 6.74. The molecule has 0 spiro atoms. The number of thiazole rings is 1. The van der Waals surface area contributed by atoms with E-state index in [-0.39, 0.29) is 0 Å². The van der Waals surface area contributed by atoms with Gasteiger partial charge in [-0.2, -0.15) is 6.07 Å². The van der Waals surface area contributed by atoms with Crippen LogP contribution in [0.2, 0.25) is 0 Å². The quantitative estimate of drug-likeness (QED) is 0.324. The number of aromatic nitrogens is 1. The Labute approximate surface area is 100.0 Å². The van der Waals surface area contributed by atoms with Gasteiger partial charge in [0.25, 0.3) is 0 Å². The summed E-state index contributed by atoms with van der Waals surface area (Å²) in [5.74, 6) is 0. The smallest absolute Gasteiger partial charge is 0.0646 e. The Hall–Kier alpha value is -2.45. The van der Waals surface area contributed by atoms with E-state index in [0.29, 0.717) is 0 Å². The van der Waals surface area contributed by atoms with Crippen LogP contribution in [0.1, 0.15) is 0 Å². The van der Waals surface area contributed by atoms with Gasteiger partial charge < -0.3 is 4.98 Å². The molecule has 0 atom stereocenters. The first-order valence-electron chi connectivity index (χ1n) is 4.98. The fourth-order valence-electron chi connectivity index (χ4n) is 2.14. The summed E-state index contributed by atoms with van der Waals surface area (Å²) in [4.78, 5) is 4.46. The van der Waals surface area contributed by atoms with Crippen LogP contribution in [0, 0.1) is 6.07 Å². The maximum Gasteiger partial charge on any atom is 0.0646 e. The van der Waals surface area contributed by atoms with E-state index in [1.165, 1.54) is 25.6 Å². The van der Waals surface area contributed by atoms with Crippen molar-refractivity contribution in [2.24, 2.45) is 0 Å². The maximum atomic E-state index is 4.46. The second kappa shape index (κ2) is 3.27. The van der Waals surface area contributed by atoms with Gasteiger partial charge in [0.05, 0.1) is 5.51 Å². The van der Waals surface area contributed by atoms with E-state index in [0.717, 1.165) is 5.52 Å².